The molecule has 1 fully saturated rings. The molecule has 1 saturated heterocycles. The van der Waals surface area contributed by atoms with Crippen LogP contribution in [0, 0.1) is 5.92 Å². The third-order valence-electron chi connectivity index (χ3n) is 5.60. The molecule has 0 saturated carbocycles. The number of hydrogen-bond donors (Lipinski definition) is 5. The smallest absolute Gasteiger partial charge is 0.245 e. The van der Waals surface area contributed by atoms with Gasteiger partial charge in [-0.1, -0.05) is 20.3 Å². The molecule has 1 heterocycles. The van der Waals surface area contributed by atoms with Gasteiger partial charge in [0.25, 0.3) is 0 Å². The number of likely N-dealkylation sites (N-methyl/N-ethyl adjacent to an activating group) is 1. The van der Waals surface area contributed by atoms with Crippen LogP contribution < -0.4 is 27.4 Å². The molecule has 11 heteroatoms. The molecule has 0 bridgehead atoms. The number of carbonyl (C=O) groups excluding carboxylic acids is 4. The van der Waals surface area contributed by atoms with Gasteiger partial charge in [-0.15, -0.1) is 0 Å². The Morgan fingerprint density at radius 3 is 2.41 bits per heavy atom. The van der Waals surface area contributed by atoms with Gasteiger partial charge in [-0.2, -0.15) is 0 Å². The summed E-state index contributed by atoms with van der Waals surface area (Å²) in [5.74, 6) is -1.43. The monoisotopic (exact) mass is 453 g/mol. The molecule has 4 amide bonds. The van der Waals surface area contributed by atoms with E-state index in [0.717, 1.165) is 0 Å². The molecule has 182 valence electrons. The number of amides is 4. The number of nitrogens with two attached hydrogens (primary N) is 2. The van der Waals surface area contributed by atoms with Crippen molar-refractivity contribution in [1.29, 1.82) is 0 Å². The van der Waals surface area contributed by atoms with E-state index in [1.807, 2.05) is 20.8 Å². The van der Waals surface area contributed by atoms with Crippen molar-refractivity contribution in [2.75, 3.05) is 19.6 Å². The van der Waals surface area contributed by atoms with Gasteiger partial charge < -0.3 is 32.3 Å². The minimum atomic E-state index is -0.855. The lowest BCUT2D eigenvalue weighted by atomic mass is 9.97. The molecule has 1 aliphatic rings. The van der Waals surface area contributed by atoms with E-state index >= 15 is 0 Å². The Balaban J connectivity index is 3.03. The van der Waals surface area contributed by atoms with Crippen LogP contribution in [0.15, 0.2) is 4.99 Å². The fourth-order valence-corrected chi connectivity index (χ4v) is 3.74. The lowest BCUT2D eigenvalue weighted by Crippen LogP contribution is -2.57. The van der Waals surface area contributed by atoms with Crippen LogP contribution in [-0.2, 0) is 19.2 Å². The van der Waals surface area contributed by atoms with Gasteiger partial charge in [-0.3, -0.25) is 24.2 Å². The number of aliphatic imine (C=N–C) groups is 1. The molecule has 0 unspecified atom stereocenters. The van der Waals surface area contributed by atoms with Crippen molar-refractivity contribution < 1.29 is 19.2 Å². The number of guanidine groups is 1. The Bertz CT molecular complexity index is 694. The molecule has 7 N–H and O–H groups in total. The Kier molecular flexibility index (Phi) is 11.5. The molecule has 0 aromatic heterocycles. The zero-order valence-corrected chi connectivity index (χ0v) is 19.6. The molecule has 1 aliphatic heterocycles. The van der Waals surface area contributed by atoms with E-state index in [1.54, 1.807) is 0 Å². The fraction of sp³-hybridized carbons (Fsp3) is 0.762. The quantitative estimate of drug-likeness (QED) is 0.147. The van der Waals surface area contributed by atoms with Crippen LogP contribution in [0.3, 0.4) is 0 Å². The molecular formula is C21H39N7O4. The van der Waals surface area contributed by atoms with Crippen molar-refractivity contribution in [1.82, 2.24) is 20.9 Å². The third-order valence-corrected chi connectivity index (χ3v) is 5.60. The van der Waals surface area contributed by atoms with Gasteiger partial charge in [0.1, 0.15) is 18.1 Å². The number of rotatable bonds is 12. The summed E-state index contributed by atoms with van der Waals surface area (Å²) in [7, 11) is 0. The molecular weight excluding hydrogens is 414 g/mol. The van der Waals surface area contributed by atoms with Crippen LogP contribution in [0.2, 0.25) is 0 Å². The summed E-state index contributed by atoms with van der Waals surface area (Å²) in [6.07, 6.45) is 2.72. The number of hydrogen-bond acceptors (Lipinski definition) is 5. The number of nitrogens with one attached hydrogen (secondary N) is 3. The highest BCUT2D eigenvalue weighted by atomic mass is 16.2. The van der Waals surface area contributed by atoms with Crippen molar-refractivity contribution >= 4 is 29.6 Å². The number of nitrogens with zero attached hydrogens (tertiary/aromatic N) is 2. The maximum atomic E-state index is 13.4. The molecule has 0 aromatic rings. The average Bonchev–Trinajstić information content (AvgIpc) is 3.22. The Morgan fingerprint density at radius 1 is 1.16 bits per heavy atom. The van der Waals surface area contributed by atoms with Crippen LogP contribution in [0.1, 0.15) is 59.8 Å². The Hall–Kier alpha value is -2.85. The van der Waals surface area contributed by atoms with Crippen molar-refractivity contribution in [2.45, 2.75) is 77.9 Å². The average molecular weight is 454 g/mol. The molecule has 32 heavy (non-hydrogen) atoms. The maximum Gasteiger partial charge on any atom is 0.245 e. The van der Waals surface area contributed by atoms with Crippen LogP contribution in [0.5, 0.6) is 0 Å². The maximum absolute atomic E-state index is 13.4. The highest BCUT2D eigenvalue weighted by Gasteiger charge is 2.38. The van der Waals surface area contributed by atoms with Crippen LogP contribution >= 0.6 is 0 Å². The van der Waals surface area contributed by atoms with Crippen molar-refractivity contribution in [3.63, 3.8) is 0 Å². The van der Waals surface area contributed by atoms with Gasteiger partial charge in [0.15, 0.2) is 5.96 Å². The molecule has 0 spiro atoms. The first-order chi connectivity index (χ1) is 15.1. The summed E-state index contributed by atoms with van der Waals surface area (Å²) in [5.41, 5.74) is 10.7. The largest absolute Gasteiger partial charge is 0.370 e. The summed E-state index contributed by atoms with van der Waals surface area (Å²) in [6.45, 7) is 8.19. The summed E-state index contributed by atoms with van der Waals surface area (Å²) in [6, 6.07) is -2.17. The first kappa shape index (κ1) is 27.2. The molecule has 0 aromatic carbocycles. The van der Waals surface area contributed by atoms with Crippen molar-refractivity contribution in [2.24, 2.45) is 22.4 Å². The molecule has 0 aliphatic carbocycles. The van der Waals surface area contributed by atoms with Crippen LogP contribution in [0.25, 0.3) is 0 Å². The summed E-state index contributed by atoms with van der Waals surface area (Å²) in [4.78, 5) is 55.9. The minimum absolute atomic E-state index is 0.0461. The predicted molar refractivity (Wildman–Crippen MR) is 122 cm³/mol. The van der Waals surface area contributed by atoms with Crippen LogP contribution in [-0.4, -0.2) is 72.2 Å². The Morgan fingerprint density at radius 2 is 1.84 bits per heavy atom. The van der Waals surface area contributed by atoms with Gasteiger partial charge in [-0.05, 0) is 38.5 Å². The van der Waals surface area contributed by atoms with E-state index in [2.05, 4.69) is 20.9 Å². The van der Waals surface area contributed by atoms with E-state index in [4.69, 9.17) is 11.5 Å². The lowest BCUT2D eigenvalue weighted by Gasteiger charge is -2.30. The van der Waals surface area contributed by atoms with Gasteiger partial charge in [0.05, 0.1) is 0 Å². The summed E-state index contributed by atoms with van der Waals surface area (Å²) in [5, 5.41) is 8.25. The first-order valence-electron chi connectivity index (χ1n) is 11.3. The fourth-order valence-electron chi connectivity index (χ4n) is 3.74. The van der Waals surface area contributed by atoms with E-state index in [9.17, 15) is 19.2 Å². The topological polar surface area (TPSA) is 172 Å². The highest BCUT2D eigenvalue weighted by Crippen LogP contribution is 2.20. The van der Waals surface area contributed by atoms with Gasteiger partial charge >= 0.3 is 0 Å². The van der Waals surface area contributed by atoms with E-state index < -0.39 is 24.0 Å². The third kappa shape index (κ3) is 8.35. The second-order valence-electron chi connectivity index (χ2n) is 8.16. The second-order valence-corrected chi connectivity index (χ2v) is 8.16. The zero-order chi connectivity index (χ0) is 24.3. The predicted octanol–water partition coefficient (Wildman–Crippen LogP) is -0.797. The lowest BCUT2D eigenvalue weighted by molar-refractivity contribution is -0.142. The highest BCUT2D eigenvalue weighted by molar-refractivity contribution is 5.94. The zero-order valence-electron chi connectivity index (χ0n) is 19.6. The second kappa shape index (κ2) is 13.5. The Labute approximate surface area is 190 Å². The van der Waals surface area contributed by atoms with Gasteiger partial charge in [0.2, 0.25) is 23.6 Å². The van der Waals surface area contributed by atoms with Gasteiger partial charge in [0, 0.05) is 26.6 Å². The minimum Gasteiger partial charge on any atom is -0.370 e. The van der Waals surface area contributed by atoms with E-state index in [0.29, 0.717) is 51.7 Å². The first-order valence-corrected chi connectivity index (χ1v) is 11.3. The van der Waals surface area contributed by atoms with E-state index in [1.165, 1.54) is 11.8 Å². The standard InChI is InChI=1S/C21H39N7O4/c1-5-13(3)17(26-14(4)29)19(31)27-15(9-7-11-25-21(22)23)20(32)28-12-8-10-16(28)18(30)24-6-2/h13,15-17H,5-12H2,1-4H3,(H,24,30)(H,26,29)(H,27,31)(H4,22,23,25)/t13-,15-,16-,17-/m0/s1. The molecule has 0 radical (unpaired) electrons. The molecule has 4 atom stereocenters. The number of carbonyl (C=O) groups is 4. The van der Waals surface area contributed by atoms with Gasteiger partial charge in [-0.25, -0.2) is 0 Å². The summed E-state index contributed by atoms with van der Waals surface area (Å²) < 4.78 is 0. The van der Waals surface area contributed by atoms with Crippen molar-refractivity contribution in [3.05, 3.63) is 0 Å². The van der Waals surface area contributed by atoms with E-state index in [-0.39, 0.29) is 29.6 Å². The molecule has 11 nitrogen and oxygen atoms in total. The SMILES string of the molecule is CCNC(=O)[C@@H]1CCCN1C(=O)[C@H](CCCN=C(N)N)NC(=O)[C@@H](NC(C)=O)[C@@H](C)CC. The summed E-state index contributed by atoms with van der Waals surface area (Å²) >= 11 is 0. The van der Waals surface area contributed by atoms with Crippen LogP contribution in [0.4, 0.5) is 0 Å². The van der Waals surface area contributed by atoms with Crippen molar-refractivity contribution in [3.8, 4) is 0 Å². The normalized spacial score (nSPS) is 18.2. The molecule has 1 rings (SSSR count). The number of likely N-dealkylation sites (tertiary alicyclic amines) is 1.